The third-order valence-electron chi connectivity index (χ3n) is 4.67. The number of hydroxylamine groups is 1. The molecule has 0 aliphatic heterocycles. The fourth-order valence-electron chi connectivity index (χ4n) is 2.96. The standard InChI is InChI=1S/C20H13ClF4N4O2S/c21-14-4-2-1-3-12(14)16-17(23)32-19(27-16)29(15-8-20(15,24)25)26-9-10-5-6-11(22)7-13(10)18(30)28-31/h1-7,9,15,31H,8H2,(H,28,30)/b26-9+. The molecule has 3 aromatic rings. The van der Waals surface area contributed by atoms with Crippen molar-refractivity contribution >= 4 is 40.2 Å². The predicted octanol–water partition coefficient (Wildman–Crippen LogP) is 5.11. The molecule has 1 fully saturated rings. The van der Waals surface area contributed by atoms with Gasteiger partial charge >= 0.3 is 0 Å². The molecule has 1 atom stereocenters. The molecule has 0 saturated heterocycles. The van der Waals surface area contributed by atoms with Gasteiger partial charge in [-0.1, -0.05) is 41.1 Å². The largest absolute Gasteiger partial charge is 0.288 e. The number of anilines is 1. The van der Waals surface area contributed by atoms with E-state index in [9.17, 15) is 22.4 Å². The Morgan fingerprint density at radius 3 is 2.69 bits per heavy atom. The summed E-state index contributed by atoms with van der Waals surface area (Å²) in [4.78, 5) is 15.9. The quantitative estimate of drug-likeness (QED) is 0.221. The molecule has 1 saturated carbocycles. The second kappa shape index (κ2) is 8.49. The SMILES string of the molecule is O=C(NO)c1cc(F)ccc1/C=N/N(c1nc(-c2ccccc2Cl)c(F)s1)C1CC1(F)F. The van der Waals surface area contributed by atoms with Crippen LogP contribution >= 0.6 is 22.9 Å². The van der Waals surface area contributed by atoms with E-state index >= 15 is 0 Å². The maximum absolute atomic E-state index is 14.6. The van der Waals surface area contributed by atoms with Crippen LogP contribution in [0.2, 0.25) is 5.02 Å². The molecule has 2 aromatic carbocycles. The van der Waals surface area contributed by atoms with Crippen molar-refractivity contribution in [3.63, 3.8) is 0 Å². The minimum Gasteiger partial charge on any atom is -0.288 e. The van der Waals surface area contributed by atoms with Crippen LogP contribution in [0.5, 0.6) is 0 Å². The Balaban J connectivity index is 1.73. The van der Waals surface area contributed by atoms with Crippen molar-refractivity contribution in [3.8, 4) is 11.3 Å². The Kier molecular flexibility index (Phi) is 5.89. The molecule has 1 aromatic heterocycles. The molecule has 0 radical (unpaired) electrons. The van der Waals surface area contributed by atoms with Crippen molar-refractivity contribution in [2.45, 2.75) is 18.4 Å². The van der Waals surface area contributed by atoms with Crippen LogP contribution in [0.1, 0.15) is 22.3 Å². The first-order valence-electron chi connectivity index (χ1n) is 9.07. The fourth-order valence-corrected chi connectivity index (χ4v) is 4.00. The maximum atomic E-state index is 14.6. The Morgan fingerprint density at radius 1 is 1.31 bits per heavy atom. The van der Waals surface area contributed by atoms with Gasteiger partial charge in [-0.25, -0.2) is 28.6 Å². The van der Waals surface area contributed by atoms with Gasteiger partial charge < -0.3 is 0 Å². The normalized spacial score (nSPS) is 16.9. The molecule has 12 heteroatoms. The van der Waals surface area contributed by atoms with Gasteiger partial charge in [0.1, 0.15) is 17.6 Å². The molecule has 166 valence electrons. The van der Waals surface area contributed by atoms with Gasteiger partial charge in [0, 0.05) is 17.5 Å². The van der Waals surface area contributed by atoms with Crippen LogP contribution in [-0.2, 0) is 0 Å². The van der Waals surface area contributed by atoms with Gasteiger partial charge in [0.2, 0.25) is 10.3 Å². The Hall–Kier alpha value is -3.02. The van der Waals surface area contributed by atoms with Crippen molar-refractivity contribution < 1.29 is 27.6 Å². The molecule has 6 nitrogen and oxygen atoms in total. The van der Waals surface area contributed by atoms with E-state index in [-0.39, 0.29) is 27.0 Å². The summed E-state index contributed by atoms with van der Waals surface area (Å²) in [5, 5.41) is 13.1. The summed E-state index contributed by atoms with van der Waals surface area (Å²) < 4.78 is 55.9. The number of rotatable bonds is 6. The Bertz CT molecular complexity index is 1220. The van der Waals surface area contributed by atoms with Crippen molar-refractivity contribution in [1.29, 1.82) is 0 Å². The highest BCUT2D eigenvalue weighted by Crippen LogP contribution is 2.48. The first kappa shape index (κ1) is 22.2. The van der Waals surface area contributed by atoms with Crippen molar-refractivity contribution in [2.24, 2.45) is 5.10 Å². The number of carbonyl (C=O) groups excluding carboxylic acids is 1. The number of halogens is 5. The van der Waals surface area contributed by atoms with E-state index in [0.717, 1.165) is 23.4 Å². The van der Waals surface area contributed by atoms with Crippen LogP contribution in [-0.4, -0.2) is 34.3 Å². The third-order valence-corrected chi connectivity index (χ3v) is 5.83. The second-order valence-corrected chi connectivity index (χ2v) is 8.18. The molecule has 0 spiro atoms. The average molecular weight is 485 g/mol. The van der Waals surface area contributed by atoms with Crippen LogP contribution in [0.15, 0.2) is 47.6 Å². The van der Waals surface area contributed by atoms with Crippen molar-refractivity contribution in [3.05, 3.63) is 69.6 Å². The third kappa shape index (κ3) is 4.31. The van der Waals surface area contributed by atoms with Gasteiger partial charge in [0.05, 0.1) is 16.8 Å². The van der Waals surface area contributed by atoms with Gasteiger partial charge in [-0.15, -0.1) is 0 Å². The monoisotopic (exact) mass is 484 g/mol. The summed E-state index contributed by atoms with van der Waals surface area (Å²) in [6.07, 6.45) is 0.507. The van der Waals surface area contributed by atoms with E-state index in [1.807, 2.05) is 0 Å². The van der Waals surface area contributed by atoms with E-state index in [2.05, 4.69) is 10.1 Å². The Labute approximate surface area is 187 Å². The summed E-state index contributed by atoms with van der Waals surface area (Å²) >= 11 is 6.61. The number of hydrogen-bond donors (Lipinski definition) is 2. The van der Waals surface area contributed by atoms with E-state index in [0.29, 0.717) is 16.9 Å². The lowest BCUT2D eigenvalue weighted by molar-refractivity contribution is 0.0705. The lowest BCUT2D eigenvalue weighted by atomic mass is 10.1. The maximum Gasteiger partial charge on any atom is 0.275 e. The number of hydrazone groups is 1. The summed E-state index contributed by atoms with van der Waals surface area (Å²) in [6, 6.07) is 8.06. The number of hydrogen-bond acceptors (Lipinski definition) is 6. The predicted molar refractivity (Wildman–Crippen MR) is 112 cm³/mol. The van der Waals surface area contributed by atoms with E-state index < -0.39 is 35.2 Å². The summed E-state index contributed by atoms with van der Waals surface area (Å²) in [5.41, 5.74) is 1.32. The first-order chi connectivity index (χ1) is 15.2. The van der Waals surface area contributed by atoms with Crippen molar-refractivity contribution in [1.82, 2.24) is 10.5 Å². The van der Waals surface area contributed by atoms with Crippen molar-refractivity contribution in [2.75, 3.05) is 5.01 Å². The molecule has 0 bridgehead atoms. The molecule has 32 heavy (non-hydrogen) atoms. The molecule has 1 aliphatic rings. The highest BCUT2D eigenvalue weighted by Gasteiger charge is 2.61. The molecule has 2 N–H and O–H groups in total. The summed E-state index contributed by atoms with van der Waals surface area (Å²) in [7, 11) is 0. The van der Waals surface area contributed by atoms with Crippen LogP contribution in [0, 0.1) is 10.9 Å². The highest BCUT2D eigenvalue weighted by atomic mass is 35.5. The summed E-state index contributed by atoms with van der Waals surface area (Å²) in [5.74, 6) is -4.84. The molecule has 4 rings (SSSR count). The lowest BCUT2D eigenvalue weighted by Gasteiger charge is -2.15. The summed E-state index contributed by atoms with van der Waals surface area (Å²) in [6.45, 7) is 0. The number of amides is 1. The van der Waals surface area contributed by atoms with E-state index in [1.54, 1.807) is 24.3 Å². The molecule has 1 aliphatic carbocycles. The molecule has 1 heterocycles. The van der Waals surface area contributed by atoms with Gasteiger partial charge in [0.15, 0.2) is 0 Å². The van der Waals surface area contributed by atoms with Gasteiger partial charge in [0.25, 0.3) is 11.8 Å². The zero-order valence-corrected chi connectivity index (χ0v) is 17.5. The highest BCUT2D eigenvalue weighted by molar-refractivity contribution is 7.14. The lowest BCUT2D eigenvalue weighted by Crippen LogP contribution is -2.25. The average Bonchev–Trinajstić information content (AvgIpc) is 3.21. The topological polar surface area (TPSA) is 77.8 Å². The number of alkyl halides is 2. The number of aromatic nitrogens is 1. The number of nitrogens with one attached hydrogen (secondary N) is 1. The zero-order chi connectivity index (χ0) is 23.0. The van der Waals surface area contributed by atoms with Gasteiger partial charge in [-0.3, -0.25) is 10.0 Å². The van der Waals surface area contributed by atoms with Gasteiger partial charge in [-0.2, -0.15) is 9.49 Å². The second-order valence-electron chi connectivity index (χ2n) is 6.84. The van der Waals surface area contributed by atoms with Crippen LogP contribution < -0.4 is 10.5 Å². The fraction of sp³-hybridized carbons (Fsp3) is 0.150. The molecule has 1 unspecified atom stereocenters. The zero-order valence-electron chi connectivity index (χ0n) is 15.9. The molecular weight excluding hydrogens is 472 g/mol. The minimum absolute atomic E-state index is 0.0373. The number of nitrogens with zero attached hydrogens (tertiary/aromatic N) is 3. The number of carbonyl (C=O) groups is 1. The van der Waals surface area contributed by atoms with Gasteiger partial charge in [-0.05, 0) is 24.3 Å². The van der Waals surface area contributed by atoms with Crippen LogP contribution in [0.4, 0.5) is 22.7 Å². The number of benzene rings is 2. The van der Waals surface area contributed by atoms with E-state index in [4.69, 9.17) is 16.8 Å². The van der Waals surface area contributed by atoms with E-state index in [1.165, 1.54) is 11.5 Å². The van der Waals surface area contributed by atoms with Crippen LogP contribution in [0.25, 0.3) is 11.3 Å². The minimum atomic E-state index is -3.07. The van der Waals surface area contributed by atoms with Crippen LogP contribution in [0.3, 0.4) is 0 Å². The number of thiazole rings is 1. The Morgan fingerprint density at radius 2 is 2.03 bits per heavy atom. The first-order valence-corrected chi connectivity index (χ1v) is 10.3. The molecular formula is C20H13ClF4N4O2S. The molecule has 1 amide bonds. The smallest absolute Gasteiger partial charge is 0.275 e.